The molecule has 0 aliphatic rings. The van der Waals surface area contributed by atoms with Crippen LogP contribution in [0.1, 0.15) is 25.0 Å². The van der Waals surface area contributed by atoms with Crippen LogP contribution in [0.3, 0.4) is 0 Å². The Morgan fingerprint density at radius 3 is 2.77 bits per heavy atom. The zero-order chi connectivity index (χ0) is 19.1. The van der Waals surface area contributed by atoms with E-state index in [1.165, 1.54) is 13.0 Å². The van der Waals surface area contributed by atoms with Crippen molar-refractivity contribution in [3.8, 4) is 0 Å². The van der Waals surface area contributed by atoms with Crippen molar-refractivity contribution in [3.63, 3.8) is 0 Å². The zero-order valence-corrected chi connectivity index (χ0v) is 15.0. The van der Waals surface area contributed by atoms with E-state index >= 15 is 0 Å². The summed E-state index contributed by atoms with van der Waals surface area (Å²) in [7, 11) is 1.70. The number of amides is 1. The molecule has 0 fully saturated rings. The maximum Gasteiger partial charge on any atom is 0.237 e. The fraction of sp³-hybridized carbons (Fsp3) is 0.211. The molecule has 0 aliphatic heterocycles. The fourth-order valence-electron chi connectivity index (χ4n) is 2.44. The molecule has 0 saturated heterocycles. The minimum absolute atomic E-state index is 0.0441. The zero-order valence-electron chi connectivity index (χ0n) is 15.0. The molecule has 0 atom stereocenters. The van der Waals surface area contributed by atoms with Crippen molar-refractivity contribution in [1.29, 1.82) is 0 Å². The molecule has 1 amide bonds. The van der Waals surface area contributed by atoms with Gasteiger partial charge >= 0.3 is 0 Å². The SMILES string of the molecule is C/C=c1/ccn(Cc2ccc(C(N)=NNC(C)=O)cc2F)/c1=C/C=NC. The lowest BCUT2D eigenvalue weighted by molar-refractivity contribution is -0.118. The summed E-state index contributed by atoms with van der Waals surface area (Å²) in [5, 5.41) is 5.71. The smallest absolute Gasteiger partial charge is 0.237 e. The van der Waals surface area contributed by atoms with Crippen LogP contribution in [-0.2, 0) is 11.3 Å². The van der Waals surface area contributed by atoms with Crippen molar-refractivity contribution in [1.82, 2.24) is 9.99 Å². The number of carbonyl (C=O) groups is 1. The summed E-state index contributed by atoms with van der Waals surface area (Å²) in [6, 6.07) is 6.61. The van der Waals surface area contributed by atoms with Crippen LogP contribution < -0.4 is 21.7 Å². The van der Waals surface area contributed by atoms with E-state index in [4.69, 9.17) is 5.73 Å². The van der Waals surface area contributed by atoms with Gasteiger partial charge in [-0.05, 0) is 30.4 Å². The third-order valence-corrected chi connectivity index (χ3v) is 3.76. The molecule has 0 bridgehead atoms. The van der Waals surface area contributed by atoms with E-state index in [1.54, 1.807) is 25.4 Å². The number of aliphatic imine (C=N–C) groups is 1. The van der Waals surface area contributed by atoms with Crippen LogP contribution in [-0.4, -0.2) is 29.6 Å². The number of halogens is 1. The van der Waals surface area contributed by atoms with E-state index < -0.39 is 5.82 Å². The van der Waals surface area contributed by atoms with Crippen LogP contribution in [0.2, 0.25) is 0 Å². The highest BCUT2D eigenvalue weighted by Crippen LogP contribution is 2.11. The molecule has 0 radical (unpaired) electrons. The fourth-order valence-corrected chi connectivity index (χ4v) is 2.44. The molecule has 2 rings (SSSR count). The second kappa shape index (κ2) is 8.75. The summed E-state index contributed by atoms with van der Waals surface area (Å²) >= 11 is 0. The quantitative estimate of drug-likeness (QED) is 0.470. The average Bonchev–Trinajstić information content (AvgIpc) is 3.01. The van der Waals surface area contributed by atoms with E-state index in [1.807, 2.05) is 35.9 Å². The van der Waals surface area contributed by atoms with E-state index in [0.717, 1.165) is 10.6 Å². The maximum atomic E-state index is 14.5. The predicted molar refractivity (Wildman–Crippen MR) is 103 cm³/mol. The largest absolute Gasteiger partial charge is 0.382 e. The van der Waals surface area contributed by atoms with Crippen molar-refractivity contribution in [2.75, 3.05) is 7.05 Å². The average molecular weight is 355 g/mol. The minimum Gasteiger partial charge on any atom is -0.382 e. The molecule has 0 saturated carbocycles. The van der Waals surface area contributed by atoms with Crippen LogP contribution in [0.5, 0.6) is 0 Å². The molecule has 2 aromatic rings. The number of hydrogen-bond donors (Lipinski definition) is 2. The summed E-state index contributed by atoms with van der Waals surface area (Å²) in [5.74, 6) is -0.697. The number of hydrogen-bond acceptors (Lipinski definition) is 3. The third kappa shape index (κ3) is 4.66. The minimum atomic E-state index is -0.394. The van der Waals surface area contributed by atoms with Crippen molar-refractivity contribution in [3.05, 3.63) is 58.0 Å². The number of hydrazone groups is 1. The molecule has 136 valence electrons. The van der Waals surface area contributed by atoms with E-state index in [0.29, 0.717) is 17.7 Å². The van der Waals surface area contributed by atoms with Gasteiger partial charge in [-0.3, -0.25) is 9.79 Å². The molecule has 0 spiro atoms. The van der Waals surface area contributed by atoms with Gasteiger partial charge in [-0.25, -0.2) is 9.82 Å². The molecule has 1 heterocycles. The number of rotatable bonds is 5. The Morgan fingerprint density at radius 1 is 1.38 bits per heavy atom. The summed E-state index contributed by atoms with van der Waals surface area (Å²) in [6.45, 7) is 3.64. The topological polar surface area (TPSA) is 84.8 Å². The van der Waals surface area contributed by atoms with Gasteiger partial charge in [0, 0.05) is 42.9 Å². The Kier molecular flexibility index (Phi) is 6.43. The molecule has 0 aliphatic carbocycles. The summed E-state index contributed by atoms with van der Waals surface area (Å²) < 4.78 is 16.5. The number of benzene rings is 1. The van der Waals surface area contributed by atoms with Gasteiger partial charge in [-0.2, -0.15) is 5.10 Å². The number of nitrogens with one attached hydrogen (secondary N) is 1. The molecule has 3 N–H and O–H groups in total. The summed E-state index contributed by atoms with van der Waals surface area (Å²) in [5.41, 5.74) is 8.91. The van der Waals surface area contributed by atoms with Crippen molar-refractivity contribution >= 4 is 30.1 Å². The van der Waals surface area contributed by atoms with Crippen molar-refractivity contribution < 1.29 is 9.18 Å². The number of nitrogens with zero attached hydrogens (tertiary/aromatic N) is 3. The van der Waals surface area contributed by atoms with Gasteiger partial charge in [-0.1, -0.05) is 18.2 Å². The lowest BCUT2D eigenvalue weighted by atomic mass is 10.1. The Hall–Kier alpha value is -3.22. The molecule has 26 heavy (non-hydrogen) atoms. The van der Waals surface area contributed by atoms with E-state index in [2.05, 4.69) is 15.5 Å². The van der Waals surface area contributed by atoms with Gasteiger partial charge < -0.3 is 10.3 Å². The van der Waals surface area contributed by atoms with Crippen LogP contribution in [0.15, 0.2) is 40.6 Å². The molecule has 1 aromatic heterocycles. The Morgan fingerprint density at radius 2 is 2.15 bits per heavy atom. The van der Waals surface area contributed by atoms with Crippen molar-refractivity contribution in [2.24, 2.45) is 15.8 Å². The van der Waals surface area contributed by atoms with Gasteiger partial charge in [0.15, 0.2) is 5.84 Å². The van der Waals surface area contributed by atoms with Gasteiger partial charge in [0.2, 0.25) is 5.91 Å². The molecule has 1 aromatic carbocycles. The molecule has 6 nitrogen and oxygen atoms in total. The van der Waals surface area contributed by atoms with E-state index in [9.17, 15) is 9.18 Å². The summed E-state index contributed by atoms with van der Waals surface area (Å²) in [6.07, 6.45) is 7.49. The lowest BCUT2D eigenvalue weighted by Crippen LogP contribution is -2.29. The summed E-state index contributed by atoms with van der Waals surface area (Å²) in [4.78, 5) is 14.8. The first kappa shape index (κ1) is 19.1. The van der Waals surface area contributed by atoms with Crippen LogP contribution in [0.4, 0.5) is 4.39 Å². The molecule has 0 unspecified atom stereocenters. The van der Waals surface area contributed by atoms with Gasteiger partial charge in [0.25, 0.3) is 0 Å². The number of nitrogens with two attached hydrogens (primary N) is 1. The predicted octanol–water partition coefficient (Wildman–Crippen LogP) is 0.713. The highest BCUT2D eigenvalue weighted by molar-refractivity contribution is 5.98. The van der Waals surface area contributed by atoms with Crippen LogP contribution in [0.25, 0.3) is 12.2 Å². The normalized spacial score (nSPS) is 13.6. The first-order valence-corrected chi connectivity index (χ1v) is 8.08. The van der Waals surface area contributed by atoms with E-state index in [-0.39, 0.29) is 11.7 Å². The number of aromatic nitrogens is 1. The number of amidine groups is 1. The molecular formula is C19H22FN5O. The Labute approximate surface area is 151 Å². The maximum absolute atomic E-state index is 14.5. The first-order chi connectivity index (χ1) is 12.5. The highest BCUT2D eigenvalue weighted by Gasteiger charge is 2.08. The Balaban J connectivity index is 2.34. The standard InChI is InChI=1S/C19H22FN5O/c1-4-14-8-10-25(18(14)7-9-22-3)12-16-6-5-15(11-17(16)20)19(21)24-23-13(2)26/h4-11H,12H2,1-3H3,(H2,21,24)(H,23,26)/b14-4-,18-7+,22-9?. The second-order valence-corrected chi connectivity index (χ2v) is 5.62. The molecule has 7 heteroatoms. The lowest BCUT2D eigenvalue weighted by Gasteiger charge is -2.08. The van der Waals surface area contributed by atoms with Gasteiger partial charge in [0.1, 0.15) is 5.82 Å². The molecular weight excluding hydrogens is 333 g/mol. The highest BCUT2D eigenvalue weighted by atomic mass is 19.1. The number of carbonyl (C=O) groups excluding carboxylic acids is 1. The second-order valence-electron chi connectivity index (χ2n) is 5.62. The Bertz CT molecular complexity index is 972. The first-order valence-electron chi connectivity index (χ1n) is 8.08. The van der Waals surface area contributed by atoms with Gasteiger partial charge in [-0.15, -0.1) is 0 Å². The van der Waals surface area contributed by atoms with Gasteiger partial charge in [0.05, 0.1) is 6.54 Å². The van der Waals surface area contributed by atoms with Crippen molar-refractivity contribution in [2.45, 2.75) is 20.4 Å². The van der Waals surface area contributed by atoms with Crippen LogP contribution >= 0.6 is 0 Å². The van der Waals surface area contributed by atoms with Crippen LogP contribution in [0, 0.1) is 5.82 Å². The third-order valence-electron chi connectivity index (χ3n) is 3.76. The monoisotopic (exact) mass is 355 g/mol.